The molecule has 104 valence electrons. The van der Waals surface area contributed by atoms with Gasteiger partial charge in [-0.05, 0) is 36.1 Å². The van der Waals surface area contributed by atoms with Crippen molar-refractivity contribution in [3.8, 4) is 0 Å². The molecule has 1 nitrogen and oxygen atoms in total. The fourth-order valence-corrected chi connectivity index (χ4v) is 2.66. The van der Waals surface area contributed by atoms with Gasteiger partial charge in [0.25, 0.3) is 0 Å². The number of hydrogen-bond acceptors (Lipinski definition) is 1. The summed E-state index contributed by atoms with van der Waals surface area (Å²) in [6.07, 6.45) is 3.92. The zero-order chi connectivity index (χ0) is 14.4. The van der Waals surface area contributed by atoms with E-state index in [9.17, 15) is 0 Å². The third kappa shape index (κ3) is 4.06. The maximum absolute atomic E-state index is 6.36. The lowest BCUT2D eigenvalue weighted by atomic mass is 9.88. The summed E-state index contributed by atoms with van der Waals surface area (Å²) in [5.41, 5.74) is 8.92. The predicted molar refractivity (Wildman–Crippen MR) is 89.8 cm³/mol. The van der Waals surface area contributed by atoms with Crippen LogP contribution in [0.15, 0.2) is 71.7 Å². The van der Waals surface area contributed by atoms with E-state index >= 15 is 0 Å². The summed E-state index contributed by atoms with van der Waals surface area (Å²) in [5, 5.41) is 0. The Balaban J connectivity index is 2.00. The van der Waals surface area contributed by atoms with E-state index in [-0.39, 0.29) is 12.0 Å². The molecule has 0 heterocycles. The van der Waals surface area contributed by atoms with Crippen molar-refractivity contribution in [2.24, 2.45) is 5.73 Å². The minimum Gasteiger partial charge on any atom is -0.327 e. The van der Waals surface area contributed by atoms with Gasteiger partial charge in [-0.3, -0.25) is 0 Å². The average Bonchev–Trinajstić information content (AvgIpc) is 2.49. The van der Waals surface area contributed by atoms with Crippen molar-refractivity contribution in [2.75, 3.05) is 0 Å². The molecule has 0 aliphatic heterocycles. The molecule has 0 fully saturated rings. The van der Waals surface area contributed by atoms with E-state index in [0.717, 1.165) is 17.3 Å². The lowest BCUT2D eigenvalue weighted by Crippen LogP contribution is -2.27. The lowest BCUT2D eigenvalue weighted by molar-refractivity contribution is 0.562. The SMILES string of the molecule is C=C[C@@H](c1ccc(Br)cc1)[C@H](N)CCc1ccccc1. The summed E-state index contributed by atoms with van der Waals surface area (Å²) in [6, 6.07) is 18.9. The predicted octanol–water partition coefficient (Wildman–Crippen LogP) is 4.68. The van der Waals surface area contributed by atoms with Crippen LogP contribution in [0.2, 0.25) is 0 Å². The van der Waals surface area contributed by atoms with Gasteiger partial charge >= 0.3 is 0 Å². The highest BCUT2D eigenvalue weighted by Gasteiger charge is 2.16. The third-order valence-electron chi connectivity index (χ3n) is 3.58. The lowest BCUT2D eigenvalue weighted by Gasteiger charge is -2.21. The van der Waals surface area contributed by atoms with Crippen LogP contribution >= 0.6 is 15.9 Å². The number of rotatable bonds is 6. The Bertz CT molecular complexity index is 533. The van der Waals surface area contributed by atoms with E-state index in [0.29, 0.717) is 0 Å². The molecule has 0 aromatic heterocycles. The second-order valence-electron chi connectivity index (χ2n) is 5.00. The van der Waals surface area contributed by atoms with E-state index in [4.69, 9.17) is 5.73 Å². The summed E-state index contributed by atoms with van der Waals surface area (Å²) < 4.78 is 1.09. The molecule has 0 aliphatic rings. The van der Waals surface area contributed by atoms with Gasteiger partial charge in [-0.2, -0.15) is 0 Å². The zero-order valence-electron chi connectivity index (χ0n) is 11.5. The first-order valence-corrected chi connectivity index (χ1v) is 7.67. The van der Waals surface area contributed by atoms with E-state index in [2.05, 4.69) is 71.0 Å². The Hall–Kier alpha value is -1.38. The highest BCUT2D eigenvalue weighted by Crippen LogP contribution is 2.24. The first kappa shape index (κ1) is 15.0. The molecular weight excluding hydrogens is 310 g/mol. The normalized spacial score (nSPS) is 13.7. The van der Waals surface area contributed by atoms with Crippen LogP contribution in [0.3, 0.4) is 0 Å². The maximum atomic E-state index is 6.36. The van der Waals surface area contributed by atoms with Crippen molar-refractivity contribution < 1.29 is 0 Å². The van der Waals surface area contributed by atoms with Gasteiger partial charge in [0.15, 0.2) is 0 Å². The van der Waals surface area contributed by atoms with Crippen LogP contribution in [0.1, 0.15) is 23.5 Å². The third-order valence-corrected chi connectivity index (χ3v) is 4.11. The molecule has 2 heteroatoms. The van der Waals surface area contributed by atoms with Crippen molar-refractivity contribution in [1.29, 1.82) is 0 Å². The van der Waals surface area contributed by atoms with Crippen LogP contribution in [0.5, 0.6) is 0 Å². The number of nitrogens with two attached hydrogens (primary N) is 1. The van der Waals surface area contributed by atoms with Gasteiger partial charge in [-0.15, -0.1) is 6.58 Å². The van der Waals surface area contributed by atoms with Crippen molar-refractivity contribution in [3.05, 3.63) is 82.9 Å². The molecule has 0 aliphatic carbocycles. The highest BCUT2D eigenvalue weighted by atomic mass is 79.9. The standard InChI is InChI=1S/C18H20BrN/c1-2-17(15-9-11-16(19)12-10-15)18(20)13-8-14-6-4-3-5-7-14/h2-7,9-12,17-18H,1,8,13,20H2/t17-,18+/m0/s1. The molecule has 2 aromatic rings. The zero-order valence-corrected chi connectivity index (χ0v) is 13.1. The van der Waals surface area contributed by atoms with Crippen LogP contribution < -0.4 is 5.73 Å². The minimum atomic E-state index is 0.0916. The van der Waals surface area contributed by atoms with E-state index in [1.165, 1.54) is 11.1 Å². The summed E-state index contributed by atoms with van der Waals surface area (Å²) in [4.78, 5) is 0. The monoisotopic (exact) mass is 329 g/mol. The van der Waals surface area contributed by atoms with Gasteiger partial charge in [0.1, 0.15) is 0 Å². The quantitative estimate of drug-likeness (QED) is 0.765. The van der Waals surface area contributed by atoms with Gasteiger partial charge in [-0.1, -0.05) is 64.5 Å². The number of hydrogen-bond donors (Lipinski definition) is 1. The van der Waals surface area contributed by atoms with Crippen molar-refractivity contribution >= 4 is 15.9 Å². The van der Waals surface area contributed by atoms with Gasteiger partial charge in [0.05, 0.1) is 0 Å². The largest absolute Gasteiger partial charge is 0.327 e. The van der Waals surface area contributed by atoms with E-state index < -0.39 is 0 Å². The van der Waals surface area contributed by atoms with Crippen molar-refractivity contribution in [2.45, 2.75) is 24.8 Å². The molecule has 0 bridgehead atoms. The molecule has 0 spiro atoms. The fourth-order valence-electron chi connectivity index (χ4n) is 2.40. The Morgan fingerprint density at radius 3 is 2.30 bits per heavy atom. The maximum Gasteiger partial charge on any atom is 0.0175 e. The summed E-state index contributed by atoms with van der Waals surface area (Å²) in [7, 11) is 0. The topological polar surface area (TPSA) is 26.0 Å². The molecule has 2 N–H and O–H groups in total. The van der Waals surface area contributed by atoms with Crippen LogP contribution in [0.25, 0.3) is 0 Å². The summed E-state index contributed by atoms with van der Waals surface area (Å²) in [6.45, 7) is 3.94. The molecule has 2 atom stereocenters. The molecule has 0 unspecified atom stereocenters. The Labute approximate surface area is 129 Å². The molecule has 2 aromatic carbocycles. The molecule has 20 heavy (non-hydrogen) atoms. The Morgan fingerprint density at radius 1 is 1.05 bits per heavy atom. The number of benzene rings is 2. The van der Waals surface area contributed by atoms with Crippen LogP contribution in [-0.2, 0) is 6.42 Å². The van der Waals surface area contributed by atoms with Crippen LogP contribution in [0.4, 0.5) is 0 Å². The van der Waals surface area contributed by atoms with Gasteiger partial charge in [0.2, 0.25) is 0 Å². The molecular formula is C18H20BrN. The van der Waals surface area contributed by atoms with Gasteiger partial charge < -0.3 is 5.73 Å². The summed E-state index contributed by atoms with van der Waals surface area (Å²) in [5.74, 6) is 0.201. The molecule has 2 rings (SSSR count). The van der Waals surface area contributed by atoms with E-state index in [1.807, 2.05) is 12.1 Å². The Kier molecular flexibility index (Phi) is 5.57. The minimum absolute atomic E-state index is 0.0916. The number of halogens is 1. The Morgan fingerprint density at radius 2 is 1.70 bits per heavy atom. The summed E-state index contributed by atoms with van der Waals surface area (Å²) >= 11 is 3.46. The van der Waals surface area contributed by atoms with Crippen LogP contribution in [-0.4, -0.2) is 6.04 Å². The number of aryl methyl sites for hydroxylation is 1. The van der Waals surface area contributed by atoms with Crippen molar-refractivity contribution in [1.82, 2.24) is 0 Å². The molecule has 0 amide bonds. The second-order valence-corrected chi connectivity index (χ2v) is 5.92. The second kappa shape index (κ2) is 7.41. The average molecular weight is 330 g/mol. The van der Waals surface area contributed by atoms with Crippen molar-refractivity contribution in [3.63, 3.8) is 0 Å². The first-order valence-electron chi connectivity index (χ1n) is 6.88. The molecule has 0 saturated carbocycles. The van der Waals surface area contributed by atoms with Crippen LogP contribution in [0, 0.1) is 0 Å². The fraction of sp³-hybridized carbons (Fsp3) is 0.222. The highest BCUT2D eigenvalue weighted by molar-refractivity contribution is 9.10. The van der Waals surface area contributed by atoms with Gasteiger partial charge in [0, 0.05) is 16.4 Å². The molecule has 0 saturated heterocycles. The van der Waals surface area contributed by atoms with Gasteiger partial charge in [-0.25, -0.2) is 0 Å². The molecule has 0 radical (unpaired) electrons. The first-order chi connectivity index (χ1) is 9.70. The van der Waals surface area contributed by atoms with E-state index in [1.54, 1.807) is 0 Å². The smallest absolute Gasteiger partial charge is 0.0175 e.